The van der Waals surface area contributed by atoms with Gasteiger partial charge in [-0.3, -0.25) is 14.6 Å². The van der Waals surface area contributed by atoms with E-state index in [0.29, 0.717) is 6.61 Å². The van der Waals surface area contributed by atoms with Gasteiger partial charge in [-0.15, -0.1) is 0 Å². The Bertz CT molecular complexity index is 970. The molecule has 3 rings (SSSR count). The third kappa shape index (κ3) is 6.18. The number of amides is 2. The average Bonchev–Trinajstić information content (AvgIpc) is 3.32. The van der Waals surface area contributed by atoms with Gasteiger partial charge < -0.3 is 19.8 Å². The molecular formula is C24H27N3O4. The molecule has 2 amide bonds. The quantitative estimate of drug-likeness (QED) is 0.547. The second kappa shape index (κ2) is 10.4. The largest absolute Gasteiger partial charge is 0.489 e. The number of hydrogen-bond donors (Lipinski definition) is 2. The number of carbonyl (C=O) groups excluding carboxylic acids is 2. The van der Waals surface area contributed by atoms with Gasteiger partial charge in [0.25, 0.3) is 5.91 Å². The molecule has 0 saturated heterocycles. The van der Waals surface area contributed by atoms with Crippen molar-refractivity contribution in [1.82, 2.24) is 15.6 Å². The van der Waals surface area contributed by atoms with Crippen LogP contribution in [0, 0.1) is 5.92 Å². The molecule has 0 bridgehead atoms. The molecule has 2 atom stereocenters. The maximum atomic E-state index is 12.8. The summed E-state index contributed by atoms with van der Waals surface area (Å²) < 4.78 is 10.9. The zero-order valence-electron chi connectivity index (χ0n) is 17.9. The predicted octanol–water partition coefficient (Wildman–Crippen LogP) is 3.89. The Morgan fingerprint density at radius 1 is 1.03 bits per heavy atom. The first-order valence-corrected chi connectivity index (χ1v) is 10.2. The molecule has 2 aromatic heterocycles. The third-order valence-electron chi connectivity index (χ3n) is 4.85. The monoisotopic (exact) mass is 421 g/mol. The van der Waals surface area contributed by atoms with Crippen molar-refractivity contribution in [3.63, 3.8) is 0 Å². The van der Waals surface area contributed by atoms with Crippen LogP contribution >= 0.6 is 0 Å². The fourth-order valence-electron chi connectivity index (χ4n) is 3.04. The van der Waals surface area contributed by atoms with Crippen LogP contribution in [0.1, 0.15) is 48.5 Å². The smallest absolute Gasteiger partial charge is 0.287 e. The summed E-state index contributed by atoms with van der Waals surface area (Å²) in [7, 11) is 0. The van der Waals surface area contributed by atoms with Crippen LogP contribution in [0.5, 0.6) is 5.75 Å². The molecule has 1 aromatic carbocycles. The van der Waals surface area contributed by atoms with Gasteiger partial charge in [0.2, 0.25) is 5.91 Å². The zero-order valence-corrected chi connectivity index (χ0v) is 17.9. The molecule has 0 spiro atoms. The molecular weight excluding hydrogens is 394 g/mol. The van der Waals surface area contributed by atoms with Crippen molar-refractivity contribution < 1.29 is 18.7 Å². The van der Waals surface area contributed by atoms with Gasteiger partial charge in [-0.2, -0.15) is 0 Å². The summed E-state index contributed by atoms with van der Waals surface area (Å²) in [6, 6.07) is 13.7. The maximum Gasteiger partial charge on any atom is 0.287 e. The van der Waals surface area contributed by atoms with E-state index in [1.54, 1.807) is 24.5 Å². The van der Waals surface area contributed by atoms with E-state index in [1.807, 2.05) is 57.2 Å². The lowest BCUT2D eigenvalue weighted by Crippen LogP contribution is -2.50. The Kier molecular flexibility index (Phi) is 7.43. The number of ether oxygens (including phenoxy) is 1. The first kappa shape index (κ1) is 22.1. The molecule has 3 aromatic rings. The van der Waals surface area contributed by atoms with E-state index in [-0.39, 0.29) is 23.6 Å². The second-order valence-electron chi connectivity index (χ2n) is 7.62. The SMILES string of the molecule is CC(NC(=O)C(NC(=O)c1ccco1)C(C)C)c1ccc(OCc2cccnc2)cc1. The number of benzene rings is 1. The van der Waals surface area contributed by atoms with Crippen molar-refractivity contribution in [3.05, 3.63) is 84.1 Å². The van der Waals surface area contributed by atoms with E-state index in [0.717, 1.165) is 16.9 Å². The van der Waals surface area contributed by atoms with Crippen molar-refractivity contribution in [2.75, 3.05) is 0 Å². The van der Waals surface area contributed by atoms with Crippen molar-refractivity contribution in [2.45, 2.75) is 39.5 Å². The highest BCUT2D eigenvalue weighted by molar-refractivity contribution is 5.95. The maximum absolute atomic E-state index is 12.8. The summed E-state index contributed by atoms with van der Waals surface area (Å²) in [6.45, 7) is 6.09. The fraction of sp³-hybridized carbons (Fsp3) is 0.292. The van der Waals surface area contributed by atoms with Gasteiger partial charge in [-0.05, 0) is 48.7 Å². The van der Waals surface area contributed by atoms with E-state index in [1.165, 1.54) is 6.26 Å². The van der Waals surface area contributed by atoms with Crippen LogP contribution in [0.3, 0.4) is 0 Å². The molecule has 7 heteroatoms. The van der Waals surface area contributed by atoms with Crippen molar-refractivity contribution in [3.8, 4) is 5.75 Å². The molecule has 0 saturated carbocycles. The lowest BCUT2D eigenvalue weighted by molar-refractivity contribution is -0.124. The normalized spacial score (nSPS) is 12.8. The number of aromatic nitrogens is 1. The Hall–Kier alpha value is -3.61. The molecule has 162 valence electrons. The van der Waals surface area contributed by atoms with Crippen LogP contribution < -0.4 is 15.4 Å². The molecule has 0 radical (unpaired) electrons. The summed E-state index contributed by atoms with van der Waals surface area (Å²) in [5, 5.41) is 5.72. The zero-order chi connectivity index (χ0) is 22.2. The Morgan fingerprint density at radius 2 is 1.81 bits per heavy atom. The van der Waals surface area contributed by atoms with Crippen LogP contribution in [0.4, 0.5) is 0 Å². The minimum atomic E-state index is -0.679. The third-order valence-corrected chi connectivity index (χ3v) is 4.85. The van der Waals surface area contributed by atoms with Gasteiger partial charge in [0, 0.05) is 18.0 Å². The number of nitrogens with zero attached hydrogens (tertiary/aromatic N) is 1. The van der Waals surface area contributed by atoms with Gasteiger partial charge >= 0.3 is 0 Å². The average molecular weight is 421 g/mol. The molecule has 0 aliphatic heterocycles. The number of furan rings is 1. The van der Waals surface area contributed by atoms with E-state index in [4.69, 9.17) is 9.15 Å². The van der Waals surface area contributed by atoms with Crippen LogP contribution in [0.2, 0.25) is 0 Å². The molecule has 2 unspecified atom stereocenters. The summed E-state index contributed by atoms with van der Waals surface area (Å²) in [5.41, 5.74) is 1.92. The minimum Gasteiger partial charge on any atom is -0.489 e. The summed E-state index contributed by atoms with van der Waals surface area (Å²) >= 11 is 0. The number of hydrogen-bond acceptors (Lipinski definition) is 5. The lowest BCUT2D eigenvalue weighted by atomic mass is 10.0. The molecule has 0 aliphatic carbocycles. The number of nitrogens with one attached hydrogen (secondary N) is 2. The predicted molar refractivity (Wildman–Crippen MR) is 116 cm³/mol. The topological polar surface area (TPSA) is 93.5 Å². The van der Waals surface area contributed by atoms with Crippen LogP contribution in [-0.4, -0.2) is 22.8 Å². The van der Waals surface area contributed by atoms with Crippen LogP contribution in [0.15, 0.2) is 71.6 Å². The van der Waals surface area contributed by atoms with Crippen LogP contribution in [-0.2, 0) is 11.4 Å². The molecule has 7 nitrogen and oxygen atoms in total. The number of carbonyl (C=O) groups is 2. The summed E-state index contributed by atoms with van der Waals surface area (Å²) in [5.74, 6) is 0.153. The van der Waals surface area contributed by atoms with Crippen molar-refractivity contribution in [2.24, 2.45) is 5.92 Å². The Morgan fingerprint density at radius 3 is 2.42 bits per heavy atom. The van der Waals surface area contributed by atoms with E-state index < -0.39 is 11.9 Å². The van der Waals surface area contributed by atoms with Gasteiger partial charge in [0.05, 0.1) is 12.3 Å². The minimum absolute atomic E-state index is 0.0886. The number of rotatable bonds is 9. The van der Waals surface area contributed by atoms with Gasteiger partial charge in [-0.25, -0.2) is 0 Å². The molecule has 2 heterocycles. The second-order valence-corrected chi connectivity index (χ2v) is 7.62. The highest BCUT2D eigenvalue weighted by Gasteiger charge is 2.26. The highest BCUT2D eigenvalue weighted by Crippen LogP contribution is 2.19. The first-order valence-electron chi connectivity index (χ1n) is 10.2. The lowest BCUT2D eigenvalue weighted by Gasteiger charge is -2.24. The molecule has 31 heavy (non-hydrogen) atoms. The van der Waals surface area contributed by atoms with Gasteiger partial charge in [0.1, 0.15) is 18.4 Å². The number of pyridine rings is 1. The van der Waals surface area contributed by atoms with E-state index >= 15 is 0 Å². The van der Waals surface area contributed by atoms with E-state index in [2.05, 4.69) is 15.6 Å². The van der Waals surface area contributed by atoms with Crippen molar-refractivity contribution in [1.29, 1.82) is 0 Å². The standard InChI is InChI=1S/C24H27N3O4/c1-16(2)22(27-23(28)21-7-5-13-30-21)24(29)26-17(3)19-8-10-20(11-9-19)31-15-18-6-4-12-25-14-18/h4-14,16-17,22H,15H2,1-3H3,(H,26,29)(H,27,28). The molecule has 0 fully saturated rings. The summed E-state index contributed by atoms with van der Waals surface area (Å²) in [4.78, 5) is 29.2. The molecule has 0 aliphatic rings. The van der Waals surface area contributed by atoms with E-state index in [9.17, 15) is 9.59 Å². The van der Waals surface area contributed by atoms with Crippen molar-refractivity contribution >= 4 is 11.8 Å². The van der Waals surface area contributed by atoms with Gasteiger partial charge in [-0.1, -0.05) is 32.0 Å². The fourth-order valence-corrected chi connectivity index (χ4v) is 3.04. The Balaban J connectivity index is 1.56. The first-order chi connectivity index (χ1) is 14.9. The highest BCUT2D eigenvalue weighted by atomic mass is 16.5. The van der Waals surface area contributed by atoms with Gasteiger partial charge in [0.15, 0.2) is 5.76 Å². The summed E-state index contributed by atoms with van der Waals surface area (Å²) in [6.07, 6.45) is 4.91. The Labute approximate surface area is 181 Å². The van der Waals surface area contributed by atoms with Crippen LogP contribution in [0.25, 0.3) is 0 Å². The molecule has 2 N–H and O–H groups in total.